The van der Waals surface area contributed by atoms with Gasteiger partial charge in [0.15, 0.2) is 0 Å². The van der Waals surface area contributed by atoms with E-state index in [0.29, 0.717) is 6.61 Å². The summed E-state index contributed by atoms with van der Waals surface area (Å²) in [5, 5.41) is 3.61. The Labute approximate surface area is 144 Å². The van der Waals surface area contributed by atoms with Crippen LogP contribution in [0.25, 0.3) is 0 Å². The van der Waals surface area contributed by atoms with Crippen molar-refractivity contribution in [2.75, 3.05) is 11.9 Å². The van der Waals surface area contributed by atoms with Crippen molar-refractivity contribution in [1.82, 2.24) is 5.32 Å². The largest absolute Gasteiger partial charge is 0.493 e. The molecule has 2 rings (SSSR count). The van der Waals surface area contributed by atoms with Gasteiger partial charge in [0.25, 0.3) is 0 Å². The van der Waals surface area contributed by atoms with Crippen molar-refractivity contribution in [2.45, 2.75) is 19.6 Å². The second kappa shape index (κ2) is 9.20. The first-order valence-electron chi connectivity index (χ1n) is 7.45. The van der Waals surface area contributed by atoms with Crippen molar-refractivity contribution in [1.29, 1.82) is 0 Å². The fraction of sp³-hybridized carbons (Fsp3) is 0.278. The summed E-state index contributed by atoms with van der Waals surface area (Å²) in [6.45, 7) is 2.80. The molecule has 1 atom stereocenters. The highest BCUT2D eigenvalue weighted by atomic mass is 79.9. The SMILES string of the molecule is CC(NC(=O)OCc1ccccc1)c1ccc(OCCBr)cc1. The number of carbonyl (C=O) groups is 1. The molecule has 1 N–H and O–H groups in total. The topological polar surface area (TPSA) is 47.6 Å². The van der Waals surface area contributed by atoms with Gasteiger partial charge in [0.1, 0.15) is 12.4 Å². The van der Waals surface area contributed by atoms with Gasteiger partial charge in [0.05, 0.1) is 12.6 Å². The van der Waals surface area contributed by atoms with Crippen LogP contribution in [-0.2, 0) is 11.3 Å². The van der Waals surface area contributed by atoms with Gasteiger partial charge in [0, 0.05) is 5.33 Å². The van der Waals surface area contributed by atoms with Gasteiger partial charge in [-0.25, -0.2) is 4.79 Å². The quantitative estimate of drug-likeness (QED) is 0.725. The van der Waals surface area contributed by atoms with Crippen LogP contribution in [-0.4, -0.2) is 18.0 Å². The maximum absolute atomic E-state index is 11.8. The molecule has 0 saturated carbocycles. The fourth-order valence-electron chi connectivity index (χ4n) is 2.03. The third-order valence-electron chi connectivity index (χ3n) is 3.27. The molecule has 23 heavy (non-hydrogen) atoms. The molecule has 0 fully saturated rings. The number of hydrogen-bond acceptors (Lipinski definition) is 3. The van der Waals surface area contributed by atoms with Crippen LogP contribution in [0, 0.1) is 0 Å². The van der Waals surface area contributed by atoms with E-state index >= 15 is 0 Å². The molecule has 0 aromatic heterocycles. The predicted octanol–water partition coefficient (Wildman–Crippen LogP) is 4.45. The number of benzene rings is 2. The lowest BCUT2D eigenvalue weighted by atomic mass is 10.1. The Hall–Kier alpha value is -2.01. The van der Waals surface area contributed by atoms with E-state index in [4.69, 9.17) is 9.47 Å². The average Bonchev–Trinajstić information content (AvgIpc) is 2.59. The fourth-order valence-corrected chi connectivity index (χ4v) is 2.20. The number of halogens is 1. The van der Waals surface area contributed by atoms with Crippen LogP contribution in [0.3, 0.4) is 0 Å². The Kier molecular flexibility index (Phi) is 6.94. The Bertz CT molecular complexity index is 601. The molecule has 0 aliphatic carbocycles. The van der Waals surface area contributed by atoms with Crippen LogP contribution < -0.4 is 10.1 Å². The first kappa shape index (κ1) is 17.3. The lowest BCUT2D eigenvalue weighted by Crippen LogP contribution is -2.27. The van der Waals surface area contributed by atoms with Crippen molar-refractivity contribution in [3.63, 3.8) is 0 Å². The van der Waals surface area contributed by atoms with E-state index < -0.39 is 6.09 Å². The first-order chi connectivity index (χ1) is 11.2. The van der Waals surface area contributed by atoms with Gasteiger partial charge in [-0.1, -0.05) is 58.4 Å². The molecule has 5 heteroatoms. The number of carbonyl (C=O) groups excluding carboxylic acids is 1. The van der Waals surface area contributed by atoms with E-state index in [1.165, 1.54) is 0 Å². The van der Waals surface area contributed by atoms with E-state index in [1.54, 1.807) is 0 Å². The first-order valence-corrected chi connectivity index (χ1v) is 8.57. The molecule has 0 aliphatic rings. The molecule has 122 valence electrons. The van der Waals surface area contributed by atoms with Crippen LogP contribution in [0.15, 0.2) is 54.6 Å². The molecule has 0 spiro atoms. The number of hydrogen-bond donors (Lipinski definition) is 1. The van der Waals surface area contributed by atoms with Gasteiger partial charge in [-0.3, -0.25) is 0 Å². The summed E-state index contributed by atoms with van der Waals surface area (Å²) < 4.78 is 10.7. The predicted molar refractivity (Wildman–Crippen MR) is 93.9 cm³/mol. The number of ether oxygens (including phenoxy) is 2. The van der Waals surface area contributed by atoms with E-state index in [2.05, 4.69) is 21.2 Å². The highest BCUT2D eigenvalue weighted by Gasteiger charge is 2.10. The van der Waals surface area contributed by atoms with Gasteiger partial charge >= 0.3 is 6.09 Å². The second-order valence-electron chi connectivity index (χ2n) is 5.03. The number of rotatable bonds is 7. The summed E-state index contributed by atoms with van der Waals surface area (Å²) in [6.07, 6.45) is -0.430. The zero-order chi connectivity index (χ0) is 16.5. The Morgan fingerprint density at radius 1 is 1.13 bits per heavy atom. The highest BCUT2D eigenvalue weighted by molar-refractivity contribution is 9.09. The molecule has 1 amide bonds. The number of amides is 1. The van der Waals surface area contributed by atoms with Gasteiger partial charge in [-0.15, -0.1) is 0 Å². The minimum Gasteiger partial charge on any atom is -0.493 e. The van der Waals surface area contributed by atoms with E-state index in [-0.39, 0.29) is 12.6 Å². The Morgan fingerprint density at radius 2 is 1.83 bits per heavy atom. The Morgan fingerprint density at radius 3 is 2.48 bits per heavy atom. The van der Waals surface area contributed by atoms with Gasteiger partial charge < -0.3 is 14.8 Å². The van der Waals surface area contributed by atoms with Crippen LogP contribution in [0.4, 0.5) is 4.79 Å². The van der Waals surface area contributed by atoms with Gasteiger partial charge in [-0.2, -0.15) is 0 Å². The molecule has 4 nitrogen and oxygen atoms in total. The van der Waals surface area contributed by atoms with Crippen LogP contribution in [0.5, 0.6) is 5.75 Å². The van der Waals surface area contributed by atoms with Gasteiger partial charge in [-0.05, 0) is 30.2 Å². The third-order valence-corrected chi connectivity index (χ3v) is 3.60. The summed E-state index contributed by atoms with van der Waals surface area (Å²) >= 11 is 3.32. The summed E-state index contributed by atoms with van der Waals surface area (Å²) in [5.74, 6) is 0.812. The van der Waals surface area contributed by atoms with Crippen molar-refractivity contribution in [3.8, 4) is 5.75 Å². The molecular weight excluding hydrogens is 358 g/mol. The van der Waals surface area contributed by atoms with E-state index in [1.807, 2.05) is 61.5 Å². The Balaban J connectivity index is 1.81. The number of alkyl carbamates (subject to hydrolysis) is 1. The molecule has 0 heterocycles. The third kappa shape index (κ3) is 5.94. The second-order valence-corrected chi connectivity index (χ2v) is 5.83. The number of nitrogens with one attached hydrogen (secondary N) is 1. The van der Waals surface area contributed by atoms with E-state index in [0.717, 1.165) is 22.2 Å². The van der Waals surface area contributed by atoms with Crippen molar-refractivity contribution in [3.05, 3.63) is 65.7 Å². The minimum atomic E-state index is -0.430. The molecule has 0 saturated heterocycles. The smallest absolute Gasteiger partial charge is 0.407 e. The normalized spacial score (nSPS) is 11.6. The number of alkyl halides is 1. The van der Waals surface area contributed by atoms with Crippen LogP contribution >= 0.6 is 15.9 Å². The summed E-state index contributed by atoms with van der Waals surface area (Å²) in [4.78, 5) is 11.8. The zero-order valence-corrected chi connectivity index (χ0v) is 14.6. The molecule has 2 aromatic rings. The van der Waals surface area contributed by atoms with Crippen molar-refractivity contribution >= 4 is 22.0 Å². The molecule has 0 bridgehead atoms. The maximum atomic E-state index is 11.8. The molecule has 2 aromatic carbocycles. The van der Waals surface area contributed by atoms with Gasteiger partial charge in [0.2, 0.25) is 0 Å². The molecule has 0 radical (unpaired) electrons. The molecular formula is C18H20BrNO3. The monoisotopic (exact) mass is 377 g/mol. The minimum absolute atomic E-state index is 0.136. The maximum Gasteiger partial charge on any atom is 0.407 e. The van der Waals surface area contributed by atoms with Crippen LogP contribution in [0.1, 0.15) is 24.1 Å². The summed E-state index contributed by atoms with van der Waals surface area (Å²) in [6, 6.07) is 17.1. The summed E-state index contributed by atoms with van der Waals surface area (Å²) in [5.41, 5.74) is 1.96. The van der Waals surface area contributed by atoms with Crippen molar-refractivity contribution < 1.29 is 14.3 Å². The lowest BCUT2D eigenvalue weighted by molar-refractivity contribution is 0.136. The average molecular weight is 378 g/mol. The lowest BCUT2D eigenvalue weighted by Gasteiger charge is -2.15. The highest BCUT2D eigenvalue weighted by Crippen LogP contribution is 2.18. The van der Waals surface area contributed by atoms with Crippen LogP contribution in [0.2, 0.25) is 0 Å². The van der Waals surface area contributed by atoms with E-state index in [9.17, 15) is 4.79 Å². The molecule has 0 aliphatic heterocycles. The molecule has 1 unspecified atom stereocenters. The standard InChI is InChI=1S/C18H20BrNO3/c1-14(16-7-9-17(10-8-16)22-12-11-19)20-18(21)23-13-15-5-3-2-4-6-15/h2-10,14H,11-13H2,1H3,(H,20,21). The zero-order valence-electron chi connectivity index (χ0n) is 13.0. The van der Waals surface area contributed by atoms with Crippen molar-refractivity contribution in [2.24, 2.45) is 0 Å². The summed E-state index contributed by atoms with van der Waals surface area (Å²) in [7, 11) is 0.